The summed E-state index contributed by atoms with van der Waals surface area (Å²) in [5, 5.41) is 3.30. The number of rotatable bonds is 8. The molecular formula is C19H21N5O3. The maximum absolute atomic E-state index is 12.1. The van der Waals surface area contributed by atoms with Crippen molar-refractivity contribution in [2.24, 2.45) is 0 Å². The molecule has 2 aromatic heterocycles. The Balaban J connectivity index is 1.61. The van der Waals surface area contributed by atoms with Crippen molar-refractivity contribution in [3.63, 3.8) is 0 Å². The van der Waals surface area contributed by atoms with E-state index in [1.807, 2.05) is 12.1 Å². The largest absolute Gasteiger partial charge is 0.369 e. The number of aryl methyl sites for hydroxylation is 2. The number of H-pyrrole nitrogens is 2. The number of nitrogen functional groups attached to an aromatic ring is 1. The third-order valence-corrected chi connectivity index (χ3v) is 4.33. The molecule has 140 valence electrons. The van der Waals surface area contributed by atoms with Gasteiger partial charge in [-0.15, -0.1) is 0 Å². The lowest BCUT2D eigenvalue weighted by Gasteiger charge is -2.06. The molecule has 0 bridgehead atoms. The van der Waals surface area contributed by atoms with Crippen LogP contribution in [0.2, 0.25) is 0 Å². The molecule has 8 nitrogen and oxygen atoms in total. The fourth-order valence-corrected chi connectivity index (χ4v) is 2.91. The van der Waals surface area contributed by atoms with Crippen LogP contribution in [-0.4, -0.2) is 33.7 Å². The number of fused-ring (bicyclic) bond motifs is 1. The number of nitrogens with zero attached hydrogens (tertiary/aromatic N) is 1. The Bertz CT molecular complexity index is 1000. The Morgan fingerprint density at radius 2 is 2.00 bits per heavy atom. The molecule has 0 unspecified atom stereocenters. The van der Waals surface area contributed by atoms with Gasteiger partial charge in [-0.1, -0.05) is 12.1 Å². The van der Waals surface area contributed by atoms with Crippen molar-refractivity contribution in [1.82, 2.24) is 20.3 Å². The van der Waals surface area contributed by atoms with E-state index in [4.69, 9.17) is 5.73 Å². The second kappa shape index (κ2) is 8.31. The van der Waals surface area contributed by atoms with Crippen molar-refractivity contribution in [2.45, 2.75) is 25.7 Å². The lowest BCUT2D eigenvalue weighted by molar-refractivity contribution is -0.107. The summed E-state index contributed by atoms with van der Waals surface area (Å²) in [6, 6.07) is 7.34. The number of carbonyl (C=O) groups is 2. The molecule has 0 saturated heterocycles. The van der Waals surface area contributed by atoms with Crippen LogP contribution in [0, 0.1) is 0 Å². The van der Waals surface area contributed by atoms with E-state index in [9.17, 15) is 14.4 Å². The van der Waals surface area contributed by atoms with E-state index in [1.54, 1.807) is 18.3 Å². The van der Waals surface area contributed by atoms with Gasteiger partial charge in [0.25, 0.3) is 11.5 Å². The summed E-state index contributed by atoms with van der Waals surface area (Å²) in [5.41, 5.74) is 8.28. The molecule has 0 aliphatic rings. The summed E-state index contributed by atoms with van der Waals surface area (Å²) in [4.78, 5) is 43.9. The molecule has 3 aromatic rings. The second-order valence-corrected chi connectivity index (χ2v) is 6.25. The van der Waals surface area contributed by atoms with E-state index in [2.05, 4.69) is 20.3 Å². The number of anilines is 1. The number of carbonyl (C=O) groups excluding carboxylic acids is 2. The van der Waals surface area contributed by atoms with Crippen LogP contribution in [0.4, 0.5) is 5.95 Å². The molecule has 0 aliphatic heterocycles. The maximum Gasteiger partial charge on any atom is 0.262 e. The number of amides is 1. The Kier molecular flexibility index (Phi) is 5.65. The molecule has 0 radical (unpaired) electrons. The third kappa shape index (κ3) is 4.41. The molecule has 8 heteroatoms. The van der Waals surface area contributed by atoms with E-state index in [0.29, 0.717) is 42.4 Å². The monoisotopic (exact) mass is 367 g/mol. The van der Waals surface area contributed by atoms with Crippen LogP contribution in [0.5, 0.6) is 0 Å². The fourth-order valence-electron chi connectivity index (χ4n) is 2.91. The topological polar surface area (TPSA) is 134 Å². The first-order valence-electron chi connectivity index (χ1n) is 8.75. The summed E-state index contributed by atoms with van der Waals surface area (Å²) in [6.07, 6.45) is 5.07. The first kappa shape index (κ1) is 18.4. The van der Waals surface area contributed by atoms with Gasteiger partial charge in [0.2, 0.25) is 5.95 Å². The minimum atomic E-state index is -0.254. The van der Waals surface area contributed by atoms with Gasteiger partial charge in [-0.3, -0.25) is 14.6 Å². The van der Waals surface area contributed by atoms with Crippen molar-refractivity contribution in [3.8, 4) is 0 Å². The van der Waals surface area contributed by atoms with Gasteiger partial charge in [-0.05, 0) is 42.5 Å². The van der Waals surface area contributed by atoms with Crippen LogP contribution in [0.3, 0.4) is 0 Å². The zero-order valence-electron chi connectivity index (χ0n) is 14.7. The predicted octanol–water partition coefficient (Wildman–Crippen LogP) is 1.33. The minimum Gasteiger partial charge on any atom is -0.369 e. The summed E-state index contributed by atoms with van der Waals surface area (Å²) in [6.45, 7) is 0.479. The first-order valence-corrected chi connectivity index (χ1v) is 8.75. The van der Waals surface area contributed by atoms with Crippen LogP contribution in [0.1, 0.15) is 34.3 Å². The molecule has 5 N–H and O–H groups in total. The number of aldehydes is 1. The van der Waals surface area contributed by atoms with Crippen LogP contribution in [0.25, 0.3) is 11.0 Å². The highest BCUT2D eigenvalue weighted by molar-refractivity contribution is 5.94. The Morgan fingerprint density at radius 1 is 1.22 bits per heavy atom. The number of hydrogen-bond acceptors (Lipinski definition) is 5. The molecule has 1 aromatic carbocycles. The third-order valence-electron chi connectivity index (χ3n) is 4.33. The van der Waals surface area contributed by atoms with Crippen molar-refractivity contribution < 1.29 is 9.59 Å². The molecule has 27 heavy (non-hydrogen) atoms. The van der Waals surface area contributed by atoms with E-state index in [1.165, 1.54) is 0 Å². The highest BCUT2D eigenvalue weighted by Crippen LogP contribution is 2.16. The van der Waals surface area contributed by atoms with E-state index >= 15 is 0 Å². The number of unbranched alkanes of at least 4 members (excludes halogenated alkanes) is 1. The number of aromatic amines is 2. The Morgan fingerprint density at radius 3 is 2.74 bits per heavy atom. The average molecular weight is 367 g/mol. The zero-order chi connectivity index (χ0) is 19.2. The molecule has 0 fully saturated rings. The van der Waals surface area contributed by atoms with E-state index in [-0.39, 0.29) is 17.4 Å². The number of nitrogens with two attached hydrogens (primary N) is 1. The summed E-state index contributed by atoms with van der Waals surface area (Å²) < 4.78 is 0. The molecule has 0 saturated carbocycles. The maximum atomic E-state index is 12.1. The average Bonchev–Trinajstić information content (AvgIpc) is 3.07. The Labute approximate surface area is 155 Å². The fraction of sp³-hybridized carbons (Fsp3) is 0.263. The molecule has 3 rings (SSSR count). The molecule has 2 heterocycles. The summed E-state index contributed by atoms with van der Waals surface area (Å²) in [5.74, 6) is -0.0693. The van der Waals surface area contributed by atoms with E-state index < -0.39 is 0 Å². The summed E-state index contributed by atoms with van der Waals surface area (Å²) in [7, 11) is 0. The summed E-state index contributed by atoms with van der Waals surface area (Å²) >= 11 is 0. The zero-order valence-corrected chi connectivity index (χ0v) is 14.7. The van der Waals surface area contributed by atoms with Gasteiger partial charge >= 0.3 is 0 Å². The lowest BCUT2D eigenvalue weighted by Crippen LogP contribution is -2.24. The van der Waals surface area contributed by atoms with Crippen LogP contribution in [0.15, 0.2) is 35.3 Å². The van der Waals surface area contributed by atoms with Gasteiger partial charge in [0.1, 0.15) is 11.9 Å². The smallest absolute Gasteiger partial charge is 0.262 e. The van der Waals surface area contributed by atoms with Gasteiger partial charge in [0.05, 0.1) is 5.39 Å². The van der Waals surface area contributed by atoms with Gasteiger partial charge in [0, 0.05) is 24.7 Å². The van der Waals surface area contributed by atoms with Gasteiger partial charge in [-0.25, -0.2) is 0 Å². The first-order chi connectivity index (χ1) is 13.1. The molecule has 0 spiro atoms. The number of benzene rings is 1. The Hall–Kier alpha value is -3.42. The van der Waals surface area contributed by atoms with Crippen LogP contribution in [-0.2, 0) is 17.6 Å². The van der Waals surface area contributed by atoms with Crippen molar-refractivity contribution >= 4 is 29.2 Å². The van der Waals surface area contributed by atoms with Crippen LogP contribution < -0.4 is 16.6 Å². The normalized spacial score (nSPS) is 10.8. The second-order valence-electron chi connectivity index (χ2n) is 6.25. The van der Waals surface area contributed by atoms with Crippen molar-refractivity contribution in [3.05, 3.63) is 57.5 Å². The number of aromatic nitrogens is 3. The molecule has 1 amide bonds. The van der Waals surface area contributed by atoms with Crippen molar-refractivity contribution in [1.29, 1.82) is 0 Å². The van der Waals surface area contributed by atoms with Gasteiger partial charge in [0.15, 0.2) is 0 Å². The number of nitrogens with one attached hydrogen (secondary N) is 3. The minimum absolute atomic E-state index is 0.0842. The standard InChI is InChI=1S/C19H21N5O3/c20-19-23-16-15(18(27)24-19)14(11-22-16)8-5-12-3-6-13(7-4-12)17(26)21-9-1-2-10-25/h3-4,6-7,10-11H,1-2,5,8-9H2,(H,21,26)(H4,20,22,23,24,27). The quantitative estimate of drug-likeness (QED) is 0.352. The lowest BCUT2D eigenvalue weighted by atomic mass is 10.0. The molecular weight excluding hydrogens is 346 g/mol. The molecule has 0 atom stereocenters. The number of hydrogen-bond donors (Lipinski definition) is 4. The van der Waals surface area contributed by atoms with Crippen LogP contribution >= 0.6 is 0 Å². The highest BCUT2D eigenvalue weighted by atomic mass is 16.1. The highest BCUT2D eigenvalue weighted by Gasteiger charge is 2.10. The molecule has 0 aliphatic carbocycles. The SMILES string of the molecule is Nc1nc2[nH]cc(CCc3ccc(C(=O)NCCCC=O)cc3)c2c(=O)[nH]1. The van der Waals surface area contributed by atoms with Gasteiger partial charge < -0.3 is 20.8 Å². The predicted molar refractivity (Wildman–Crippen MR) is 103 cm³/mol. The van der Waals surface area contributed by atoms with E-state index in [0.717, 1.165) is 23.8 Å². The van der Waals surface area contributed by atoms with Gasteiger partial charge in [-0.2, -0.15) is 4.98 Å². The van der Waals surface area contributed by atoms with Crippen molar-refractivity contribution in [2.75, 3.05) is 12.3 Å².